The van der Waals surface area contributed by atoms with Crippen molar-refractivity contribution in [2.24, 2.45) is 7.05 Å². The average Bonchev–Trinajstić information content (AvgIpc) is 3.70. The van der Waals surface area contributed by atoms with E-state index in [1.165, 1.54) is 0 Å². The number of nitrogens with zero attached hydrogens (tertiary/aromatic N) is 6. The Hall–Kier alpha value is -5.56. The maximum atomic E-state index is 13.3. The SMILES string of the molecule is Cn1c(=O)n(C2CCC(=O)NC2=O)c2cccc(CCN3CCN(c4ccc(-c5nccc(-c6cc7c([nH]6)C6(CC6)CNC7=O)n5)cc4)CC3)c21. The number of aromatic nitrogens is 5. The van der Waals surface area contributed by atoms with Gasteiger partial charge in [0.25, 0.3) is 5.91 Å². The molecule has 4 aliphatic rings. The first-order valence-electron chi connectivity index (χ1n) is 17.7. The summed E-state index contributed by atoms with van der Waals surface area (Å²) in [7, 11) is 1.75. The third-order valence-corrected chi connectivity index (χ3v) is 11.2. The van der Waals surface area contributed by atoms with Gasteiger partial charge in [0.1, 0.15) is 6.04 Å². The third kappa shape index (κ3) is 5.43. The van der Waals surface area contributed by atoms with Crippen LogP contribution < -0.4 is 21.2 Å². The molecule has 3 aliphatic heterocycles. The maximum Gasteiger partial charge on any atom is 0.329 e. The van der Waals surface area contributed by atoms with E-state index in [4.69, 9.17) is 4.98 Å². The van der Waals surface area contributed by atoms with Crippen LogP contribution in [0.4, 0.5) is 5.69 Å². The molecule has 51 heavy (non-hydrogen) atoms. The Bertz CT molecular complexity index is 2270. The largest absolute Gasteiger partial charge is 0.369 e. The number of imidazole rings is 1. The molecule has 1 atom stereocenters. The number of hydrogen-bond acceptors (Lipinski definition) is 8. The highest BCUT2D eigenvalue weighted by molar-refractivity contribution is 6.00. The van der Waals surface area contributed by atoms with Crippen molar-refractivity contribution in [3.63, 3.8) is 0 Å². The van der Waals surface area contributed by atoms with E-state index >= 15 is 0 Å². The molecule has 13 nitrogen and oxygen atoms in total. The first-order valence-corrected chi connectivity index (χ1v) is 17.7. The zero-order chi connectivity index (χ0) is 34.9. The lowest BCUT2D eigenvalue weighted by Crippen LogP contribution is -2.47. The molecule has 0 radical (unpaired) electrons. The molecule has 3 aromatic heterocycles. The molecule has 3 N–H and O–H groups in total. The number of rotatable bonds is 7. The number of amides is 3. The van der Waals surface area contributed by atoms with E-state index in [2.05, 4.69) is 60.7 Å². The van der Waals surface area contributed by atoms with Gasteiger partial charge in [0.05, 0.1) is 28.0 Å². The third-order valence-electron chi connectivity index (χ3n) is 11.2. The summed E-state index contributed by atoms with van der Waals surface area (Å²) in [4.78, 5) is 68.0. The standard InChI is InChI=1S/C38H39N9O4/c1-44-32-23(3-2-4-29(32)47(37(44)51)30-9-10-31(48)43-36(30)50)12-16-45-17-19-46(20-18-45)25-7-5-24(6-8-25)34-39-15-11-27(42-34)28-21-26-33(41-28)38(13-14-38)22-40-35(26)49/h2-8,11,15,21,30,41H,9-10,12-14,16-20,22H2,1H3,(H,40,49)(H,43,48,50). The van der Waals surface area contributed by atoms with Crippen LogP contribution in [-0.2, 0) is 28.5 Å². The van der Waals surface area contributed by atoms with Gasteiger partial charge in [-0.1, -0.05) is 12.1 Å². The molecule has 6 heterocycles. The minimum atomic E-state index is -0.690. The number of imide groups is 1. The monoisotopic (exact) mass is 685 g/mol. The van der Waals surface area contributed by atoms with Crippen LogP contribution in [0.5, 0.6) is 0 Å². The van der Waals surface area contributed by atoms with Gasteiger partial charge in [-0.05, 0) is 73.7 Å². The molecule has 5 aromatic rings. The molecule has 260 valence electrons. The number of aryl methyl sites for hydroxylation is 1. The van der Waals surface area contributed by atoms with Crippen molar-refractivity contribution in [3.05, 3.63) is 88.1 Å². The fourth-order valence-corrected chi connectivity index (χ4v) is 8.13. The fourth-order valence-electron chi connectivity index (χ4n) is 8.13. The van der Waals surface area contributed by atoms with E-state index in [1.54, 1.807) is 22.4 Å². The summed E-state index contributed by atoms with van der Waals surface area (Å²) in [6.45, 7) is 5.17. The number of anilines is 1. The Balaban J connectivity index is 0.844. The Morgan fingerprint density at radius 3 is 2.53 bits per heavy atom. The summed E-state index contributed by atoms with van der Waals surface area (Å²) in [5.74, 6) is -0.104. The highest BCUT2D eigenvalue weighted by Crippen LogP contribution is 2.50. The van der Waals surface area contributed by atoms with Crippen molar-refractivity contribution in [3.8, 4) is 22.8 Å². The highest BCUT2D eigenvalue weighted by Gasteiger charge is 2.50. The van der Waals surface area contributed by atoms with Gasteiger partial charge in [0.15, 0.2) is 5.82 Å². The summed E-state index contributed by atoms with van der Waals surface area (Å²) in [6, 6.07) is 17.4. The van der Waals surface area contributed by atoms with Crippen LogP contribution in [0.25, 0.3) is 33.8 Å². The van der Waals surface area contributed by atoms with Gasteiger partial charge >= 0.3 is 5.69 Å². The molecule has 0 bridgehead atoms. The Morgan fingerprint density at radius 2 is 1.76 bits per heavy atom. The number of carbonyl (C=O) groups excluding carboxylic acids is 3. The van der Waals surface area contributed by atoms with Gasteiger partial charge in [-0.2, -0.15) is 0 Å². The van der Waals surface area contributed by atoms with Crippen LogP contribution in [0.1, 0.15) is 53.3 Å². The van der Waals surface area contributed by atoms with Gasteiger partial charge in [-0.3, -0.25) is 33.7 Å². The van der Waals surface area contributed by atoms with Crippen molar-refractivity contribution in [2.75, 3.05) is 44.2 Å². The molecule has 3 amide bonds. The number of nitrogens with one attached hydrogen (secondary N) is 3. The number of para-hydroxylation sites is 1. The fraction of sp³-hybridized carbons (Fsp3) is 0.368. The second-order valence-electron chi connectivity index (χ2n) is 14.3. The van der Waals surface area contributed by atoms with Gasteiger partial charge in [0.2, 0.25) is 11.8 Å². The summed E-state index contributed by atoms with van der Waals surface area (Å²) < 4.78 is 3.18. The number of carbonyl (C=O) groups is 3. The van der Waals surface area contributed by atoms with Crippen LogP contribution in [0.3, 0.4) is 0 Å². The maximum absolute atomic E-state index is 13.3. The first-order chi connectivity index (χ1) is 24.8. The number of fused-ring (bicyclic) bond motifs is 3. The van der Waals surface area contributed by atoms with Gasteiger partial charge < -0.3 is 15.2 Å². The second kappa shape index (κ2) is 12.0. The molecular formula is C38H39N9O4. The van der Waals surface area contributed by atoms with Crippen LogP contribution in [-0.4, -0.2) is 86.0 Å². The minimum absolute atomic E-state index is 0.0271. The van der Waals surface area contributed by atoms with E-state index in [0.717, 1.165) is 102 Å². The summed E-state index contributed by atoms with van der Waals surface area (Å²) in [5.41, 5.74) is 7.90. The lowest BCUT2D eigenvalue weighted by molar-refractivity contribution is -0.135. The highest BCUT2D eigenvalue weighted by atomic mass is 16.2. The van der Waals surface area contributed by atoms with E-state index in [0.29, 0.717) is 18.8 Å². The molecule has 2 saturated heterocycles. The molecule has 3 fully saturated rings. The summed E-state index contributed by atoms with van der Waals surface area (Å²) in [6.07, 6.45) is 5.25. The van der Waals surface area contributed by atoms with Crippen molar-refractivity contribution in [2.45, 2.75) is 43.6 Å². The number of piperidine rings is 1. The van der Waals surface area contributed by atoms with Crippen molar-refractivity contribution in [1.82, 2.24) is 39.6 Å². The topological polar surface area (TPSA) is 150 Å². The number of piperazine rings is 1. The van der Waals surface area contributed by atoms with Crippen LogP contribution in [0.2, 0.25) is 0 Å². The van der Waals surface area contributed by atoms with Crippen molar-refractivity contribution in [1.29, 1.82) is 0 Å². The molecule has 1 aliphatic carbocycles. The van der Waals surface area contributed by atoms with Crippen molar-refractivity contribution >= 4 is 34.4 Å². The van der Waals surface area contributed by atoms with Gasteiger partial charge in [-0.25, -0.2) is 14.8 Å². The average molecular weight is 686 g/mol. The predicted octanol–water partition coefficient (Wildman–Crippen LogP) is 2.91. The Labute approximate surface area is 293 Å². The molecule has 2 aromatic carbocycles. The molecular weight excluding hydrogens is 646 g/mol. The van der Waals surface area contributed by atoms with Gasteiger partial charge in [0, 0.05) is 81.3 Å². The zero-order valence-corrected chi connectivity index (χ0v) is 28.4. The molecule has 13 heteroatoms. The molecule has 1 spiro atoms. The lowest BCUT2D eigenvalue weighted by atomic mass is 9.95. The van der Waals surface area contributed by atoms with E-state index in [1.807, 2.05) is 24.3 Å². The smallest absolute Gasteiger partial charge is 0.329 e. The summed E-state index contributed by atoms with van der Waals surface area (Å²) in [5, 5.41) is 5.42. The van der Waals surface area contributed by atoms with Crippen molar-refractivity contribution < 1.29 is 14.4 Å². The Kier molecular flexibility index (Phi) is 7.42. The predicted molar refractivity (Wildman–Crippen MR) is 191 cm³/mol. The number of hydrogen-bond donors (Lipinski definition) is 3. The van der Waals surface area contributed by atoms with E-state index < -0.39 is 11.9 Å². The number of H-pyrrole nitrogens is 1. The van der Waals surface area contributed by atoms with E-state index in [-0.39, 0.29) is 29.3 Å². The van der Waals surface area contributed by atoms with Crippen LogP contribution in [0.15, 0.2) is 65.6 Å². The summed E-state index contributed by atoms with van der Waals surface area (Å²) >= 11 is 0. The lowest BCUT2D eigenvalue weighted by Gasteiger charge is -2.36. The van der Waals surface area contributed by atoms with Crippen LogP contribution in [0, 0.1) is 0 Å². The Morgan fingerprint density at radius 1 is 0.961 bits per heavy atom. The van der Waals surface area contributed by atoms with E-state index in [9.17, 15) is 19.2 Å². The normalized spacial score (nSPS) is 20.1. The number of aromatic amines is 1. The first kappa shape index (κ1) is 31.4. The molecule has 1 saturated carbocycles. The number of benzene rings is 2. The second-order valence-corrected chi connectivity index (χ2v) is 14.3. The molecule has 1 unspecified atom stereocenters. The molecule has 9 rings (SSSR count). The zero-order valence-electron chi connectivity index (χ0n) is 28.4. The van der Waals surface area contributed by atoms with Crippen LogP contribution >= 0.6 is 0 Å². The van der Waals surface area contributed by atoms with Gasteiger partial charge in [-0.15, -0.1) is 0 Å². The minimum Gasteiger partial charge on any atom is -0.369 e. The quantitative estimate of drug-likeness (QED) is 0.222.